The fourth-order valence-corrected chi connectivity index (χ4v) is 2.55. The van der Waals surface area contributed by atoms with Crippen molar-refractivity contribution in [1.82, 2.24) is 19.9 Å². The first kappa shape index (κ1) is 13.1. The largest absolute Gasteiger partial charge is 0.289 e. The molecular weight excluding hydrogens is 274 g/mol. The van der Waals surface area contributed by atoms with Gasteiger partial charge in [-0.3, -0.25) is 15.2 Å². The number of para-hydroxylation sites is 1. The van der Waals surface area contributed by atoms with Gasteiger partial charge in [-0.1, -0.05) is 12.1 Å². The van der Waals surface area contributed by atoms with Gasteiger partial charge in [-0.2, -0.15) is 5.10 Å². The lowest BCUT2D eigenvalue weighted by Crippen LogP contribution is -2.24. The molecule has 0 spiro atoms. The van der Waals surface area contributed by atoms with Gasteiger partial charge in [-0.25, -0.2) is 18.1 Å². The zero-order valence-corrected chi connectivity index (χ0v) is 10.3. The molecule has 0 bridgehead atoms. The van der Waals surface area contributed by atoms with Gasteiger partial charge in [0.2, 0.25) is 10.0 Å². The summed E-state index contributed by atoms with van der Waals surface area (Å²) in [5.41, 5.74) is -0.479. The summed E-state index contributed by atoms with van der Waals surface area (Å²) in [7, 11) is -3.99. The van der Waals surface area contributed by atoms with Crippen LogP contribution in [0, 0.1) is 10.1 Å². The number of nitrogens with one attached hydrogen (secondary N) is 2. The molecule has 0 fully saturated rings. The van der Waals surface area contributed by atoms with Crippen molar-refractivity contribution in [1.29, 1.82) is 0 Å². The van der Waals surface area contributed by atoms with E-state index in [4.69, 9.17) is 0 Å². The molecule has 2 aromatic rings. The Labute approximate surface area is 107 Å². The maximum Gasteiger partial charge on any atom is 0.289 e. The topological polar surface area (TPSA) is 131 Å². The molecule has 1 aromatic heterocycles. The maximum atomic E-state index is 12.0. The van der Waals surface area contributed by atoms with Crippen molar-refractivity contribution in [2.24, 2.45) is 0 Å². The standard InChI is InChI=1S/C9H9N5O4S/c15-14(16)7-3-1-2-4-8(7)19(17,18)12-5-9-10-6-11-13-9/h1-4,6,12H,5H2,(H,10,11,13). The Bertz CT molecular complexity index is 682. The zero-order chi connectivity index (χ0) is 13.9. The predicted molar refractivity (Wildman–Crippen MR) is 63.5 cm³/mol. The van der Waals surface area contributed by atoms with E-state index in [-0.39, 0.29) is 11.4 Å². The number of sulfonamides is 1. The molecule has 0 unspecified atom stereocenters. The first-order valence-electron chi connectivity index (χ1n) is 5.08. The van der Waals surface area contributed by atoms with Gasteiger partial charge in [0.15, 0.2) is 4.90 Å². The molecular formula is C9H9N5O4S. The zero-order valence-electron chi connectivity index (χ0n) is 9.48. The Morgan fingerprint density at radius 2 is 2.11 bits per heavy atom. The van der Waals surface area contributed by atoms with Crippen molar-refractivity contribution < 1.29 is 13.3 Å². The van der Waals surface area contributed by atoms with Crippen molar-refractivity contribution in [2.45, 2.75) is 11.4 Å². The van der Waals surface area contributed by atoms with Crippen molar-refractivity contribution in [3.05, 3.63) is 46.5 Å². The molecule has 2 N–H and O–H groups in total. The molecule has 0 radical (unpaired) electrons. The average molecular weight is 283 g/mol. The first-order chi connectivity index (χ1) is 9.00. The number of aromatic amines is 1. The monoisotopic (exact) mass is 283 g/mol. The van der Waals surface area contributed by atoms with E-state index in [1.165, 1.54) is 24.5 Å². The molecule has 2 rings (SSSR count). The summed E-state index contributed by atoms with van der Waals surface area (Å²) in [4.78, 5) is 13.4. The van der Waals surface area contributed by atoms with Gasteiger partial charge in [0.1, 0.15) is 12.2 Å². The highest BCUT2D eigenvalue weighted by molar-refractivity contribution is 7.89. The number of nitrogens with zero attached hydrogens (tertiary/aromatic N) is 3. The molecule has 19 heavy (non-hydrogen) atoms. The smallest absolute Gasteiger partial charge is 0.262 e. The maximum absolute atomic E-state index is 12.0. The third kappa shape index (κ3) is 2.92. The molecule has 0 aliphatic heterocycles. The van der Waals surface area contributed by atoms with Crippen LogP contribution in [0.15, 0.2) is 35.5 Å². The highest BCUT2D eigenvalue weighted by atomic mass is 32.2. The normalized spacial score (nSPS) is 11.4. The molecule has 0 saturated carbocycles. The van der Waals surface area contributed by atoms with Crippen LogP contribution >= 0.6 is 0 Å². The molecule has 0 saturated heterocycles. The summed E-state index contributed by atoms with van der Waals surface area (Å²) in [5, 5.41) is 16.8. The van der Waals surface area contributed by atoms with Crippen LogP contribution in [-0.2, 0) is 16.6 Å². The summed E-state index contributed by atoms with van der Waals surface area (Å²) in [6.45, 7) is -0.131. The van der Waals surface area contributed by atoms with E-state index in [0.29, 0.717) is 5.82 Å². The van der Waals surface area contributed by atoms with Gasteiger partial charge >= 0.3 is 0 Å². The number of hydrogen-bond donors (Lipinski definition) is 2. The molecule has 10 heteroatoms. The molecule has 100 valence electrons. The van der Waals surface area contributed by atoms with Crippen LogP contribution < -0.4 is 4.72 Å². The minimum Gasteiger partial charge on any atom is -0.262 e. The lowest BCUT2D eigenvalue weighted by molar-refractivity contribution is -0.387. The highest BCUT2D eigenvalue weighted by Gasteiger charge is 2.24. The third-order valence-electron chi connectivity index (χ3n) is 2.25. The molecule has 0 aliphatic carbocycles. The van der Waals surface area contributed by atoms with Crippen LogP contribution in [0.5, 0.6) is 0 Å². The van der Waals surface area contributed by atoms with Crippen LogP contribution in [0.2, 0.25) is 0 Å². The average Bonchev–Trinajstić information content (AvgIpc) is 2.89. The van der Waals surface area contributed by atoms with Gasteiger partial charge < -0.3 is 0 Å². The number of nitro groups is 1. The Morgan fingerprint density at radius 3 is 2.74 bits per heavy atom. The van der Waals surface area contributed by atoms with E-state index >= 15 is 0 Å². The lowest BCUT2D eigenvalue weighted by atomic mass is 10.3. The molecule has 1 aromatic carbocycles. The lowest BCUT2D eigenvalue weighted by Gasteiger charge is -2.05. The van der Waals surface area contributed by atoms with Gasteiger partial charge in [0.05, 0.1) is 11.5 Å². The number of hydrogen-bond acceptors (Lipinski definition) is 6. The Hall–Kier alpha value is -2.33. The second kappa shape index (κ2) is 5.12. The molecule has 1 heterocycles. The summed E-state index contributed by atoms with van der Waals surface area (Å²) < 4.78 is 26.2. The second-order valence-corrected chi connectivity index (χ2v) is 5.22. The quantitative estimate of drug-likeness (QED) is 0.595. The predicted octanol–water partition coefficient (Wildman–Crippen LogP) is 0.191. The van der Waals surface area contributed by atoms with Crippen LogP contribution in [0.25, 0.3) is 0 Å². The SMILES string of the molecule is O=[N+]([O-])c1ccccc1S(=O)(=O)NCc1ncn[nH]1. The van der Waals surface area contributed by atoms with E-state index in [1.54, 1.807) is 0 Å². The molecule has 0 aliphatic rings. The minimum absolute atomic E-state index is 0.131. The number of nitro benzene ring substituents is 1. The Balaban J connectivity index is 2.27. The van der Waals surface area contributed by atoms with E-state index in [2.05, 4.69) is 19.9 Å². The van der Waals surface area contributed by atoms with Gasteiger partial charge in [-0.05, 0) is 6.07 Å². The van der Waals surface area contributed by atoms with Crippen molar-refractivity contribution in [3.63, 3.8) is 0 Å². The summed E-state index contributed by atoms with van der Waals surface area (Å²) in [6.07, 6.45) is 1.23. The first-order valence-corrected chi connectivity index (χ1v) is 6.56. The number of H-pyrrole nitrogens is 1. The number of rotatable bonds is 5. The molecule has 9 nitrogen and oxygen atoms in total. The van der Waals surface area contributed by atoms with Crippen LogP contribution in [0.1, 0.15) is 5.82 Å². The minimum atomic E-state index is -3.99. The van der Waals surface area contributed by atoms with Crippen molar-refractivity contribution in [3.8, 4) is 0 Å². The molecule has 0 atom stereocenters. The Morgan fingerprint density at radius 1 is 1.37 bits per heavy atom. The van der Waals surface area contributed by atoms with Gasteiger partial charge in [0.25, 0.3) is 5.69 Å². The summed E-state index contributed by atoms with van der Waals surface area (Å²) >= 11 is 0. The van der Waals surface area contributed by atoms with Crippen LogP contribution in [0.3, 0.4) is 0 Å². The highest BCUT2D eigenvalue weighted by Crippen LogP contribution is 2.22. The van der Waals surface area contributed by atoms with E-state index in [0.717, 1.165) is 6.07 Å². The number of benzene rings is 1. The fourth-order valence-electron chi connectivity index (χ4n) is 1.39. The second-order valence-electron chi connectivity index (χ2n) is 3.48. The molecule has 0 amide bonds. The van der Waals surface area contributed by atoms with Crippen molar-refractivity contribution in [2.75, 3.05) is 0 Å². The van der Waals surface area contributed by atoms with E-state index in [9.17, 15) is 18.5 Å². The van der Waals surface area contributed by atoms with E-state index < -0.39 is 20.6 Å². The number of aromatic nitrogens is 3. The van der Waals surface area contributed by atoms with Crippen LogP contribution in [0.4, 0.5) is 5.69 Å². The fraction of sp³-hybridized carbons (Fsp3) is 0.111. The summed E-state index contributed by atoms with van der Waals surface area (Å²) in [6, 6.07) is 5.10. The van der Waals surface area contributed by atoms with Gasteiger partial charge in [-0.15, -0.1) is 0 Å². The van der Waals surface area contributed by atoms with Crippen LogP contribution in [-0.4, -0.2) is 28.5 Å². The van der Waals surface area contributed by atoms with Gasteiger partial charge in [0, 0.05) is 6.07 Å². The van der Waals surface area contributed by atoms with E-state index in [1.807, 2.05) is 0 Å². The van der Waals surface area contributed by atoms with Crippen molar-refractivity contribution >= 4 is 15.7 Å². The Kier molecular flexibility index (Phi) is 3.53. The third-order valence-corrected chi connectivity index (χ3v) is 3.69. The summed E-state index contributed by atoms with van der Waals surface area (Å²) in [5.74, 6) is 0.308.